The monoisotopic (exact) mass is 332 g/mol. The lowest BCUT2D eigenvalue weighted by Gasteiger charge is -2.11. The van der Waals surface area contributed by atoms with Crippen LogP contribution in [0.15, 0.2) is 45.8 Å². The Balaban J connectivity index is 1.97. The summed E-state index contributed by atoms with van der Waals surface area (Å²) in [5.74, 6) is 1.47. The van der Waals surface area contributed by atoms with E-state index in [4.69, 9.17) is 16.0 Å². The molecule has 0 saturated heterocycles. The summed E-state index contributed by atoms with van der Waals surface area (Å²) in [7, 11) is 0. The Morgan fingerprint density at radius 3 is 2.68 bits per heavy atom. The smallest absolute Gasteiger partial charge is 0.200 e. The summed E-state index contributed by atoms with van der Waals surface area (Å²) in [6, 6.07) is 9.67. The fourth-order valence-corrected chi connectivity index (χ4v) is 3.29. The van der Waals surface area contributed by atoms with Gasteiger partial charge in [0.15, 0.2) is 5.58 Å². The van der Waals surface area contributed by atoms with Gasteiger partial charge < -0.3 is 4.42 Å². The standard InChI is InChI=1S/C17H17ClN2OS/c1-17(2,3)16-20-13-8-7-12(18)15(14(13)21-16)22-10-11-6-4-5-9-19-11/h4-9H,10H2,1-3H3. The third-order valence-electron chi connectivity index (χ3n) is 3.20. The molecule has 0 unspecified atom stereocenters. The highest BCUT2D eigenvalue weighted by atomic mass is 35.5. The number of benzene rings is 1. The molecule has 0 saturated carbocycles. The molecule has 3 nitrogen and oxygen atoms in total. The van der Waals surface area contributed by atoms with Gasteiger partial charge in [-0.2, -0.15) is 0 Å². The van der Waals surface area contributed by atoms with E-state index in [1.54, 1.807) is 18.0 Å². The van der Waals surface area contributed by atoms with Crippen LogP contribution in [0, 0.1) is 0 Å². The van der Waals surface area contributed by atoms with Crippen molar-refractivity contribution in [1.82, 2.24) is 9.97 Å². The molecule has 2 heterocycles. The molecule has 0 fully saturated rings. The van der Waals surface area contributed by atoms with Gasteiger partial charge >= 0.3 is 0 Å². The fourth-order valence-electron chi connectivity index (χ4n) is 2.03. The number of nitrogens with zero attached hydrogens (tertiary/aromatic N) is 2. The topological polar surface area (TPSA) is 38.9 Å². The van der Waals surface area contributed by atoms with Gasteiger partial charge in [0.2, 0.25) is 5.89 Å². The molecule has 0 aliphatic carbocycles. The molecule has 0 aliphatic rings. The van der Waals surface area contributed by atoms with Crippen molar-refractivity contribution in [2.75, 3.05) is 0 Å². The summed E-state index contributed by atoms with van der Waals surface area (Å²) in [6.07, 6.45) is 1.80. The van der Waals surface area contributed by atoms with E-state index in [2.05, 4.69) is 30.7 Å². The molecule has 3 rings (SSSR count). The van der Waals surface area contributed by atoms with Crippen molar-refractivity contribution in [2.45, 2.75) is 36.8 Å². The molecular weight excluding hydrogens is 316 g/mol. The summed E-state index contributed by atoms with van der Waals surface area (Å²) in [6.45, 7) is 6.25. The maximum Gasteiger partial charge on any atom is 0.200 e. The van der Waals surface area contributed by atoms with Crippen molar-refractivity contribution in [2.24, 2.45) is 0 Å². The zero-order valence-electron chi connectivity index (χ0n) is 12.8. The normalized spacial score (nSPS) is 12.0. The second-order valence-corrected chi connectivity index (χ2v) is 7.50. The van der Waals surface area contributed by atoms with Crippen LogP contribution in [0.2, 0.25) is 5.02 Å². The molecular formula is C17H17ClN2OS. The number of rotatable bonds is 3. The third kappa shape index (κ3) is 3.13. The van der Waals surface area contributed by atoms with Gasteiger partial charge in [-0.05, 0) is 24.3 Å². The van der Waals surface area contributed by atoms with Crippen LogP contribution in [0.4, 0.5) is 0 Å². The van der Waals surface area contributed by atoms with Gasteiger partial charge in [0.05, 0.1) is 15.6 Å². The molecule has 3 aromatic rings. The largest absolute Gasteiger partial charge is 0.439 e. The molecule has 0 amide bonds. The predicted molar refractivity (Wildman–Crippen MR) is 91.5 cm³/mol. The third-order valence-corrected chi connectivity index (χ3v) is 4.76. The fraction of sp³-hybridized carbons (Fsp3) is 0.294. The Morgan fingerprint density at radius 1 is 1.18 bits per heavy atom. The number of fused-ring (bicyclic) bond motifs is 1. The van der Waals surface area contributed by atoms with Gasteiger partial charge in [0.25, 0.3) is 0 Å². The Labute approximate surface area is 139 Å². The van der Waals surface area contributed by atoms with Crippen LogP contribution in [0.1, 0.15) is 32.4 Å². The van der Waals surface area contributed by atoms with Crippen LogP contribution < -0.4 is 0 Å². The number of hydrogen-bond donors (Lipinski definition) is 0. The van der Waals surface area contributed by atoms with Crippen LogP contribution in [-0.2, 0) is 11.2 Å². The number of pyridine rings is 1. The van der Waals surface area contributed by atoms with Gasteiger partial charge in [0.1, 0.15) is 5.52 Å². The first-order valence-electron chi connectivity index (χ1n) is 7.07. The Morgan fingerprint density at radius 2 is 2.00 bits per heavy atom. The minimum Gasteiger partial charge on any atom is -0.439 e. The van der Waals surface area contributed by atoms with E-state index in [0.717, 1.165) is 33.3 Å². The van der Waals surface area contributed by atoms with E-state index >= 15 is 0 Å². The molecule has 2 aromatic heterocycles. The number of thioether (sulfide) groups is 1. The van der Waals surface area contributed by atoms with Crippen molar-refractivity contribution in [3.05, 3.63) is 53.1 Å². The lowest BCUT2D eigenvalue weighted by molar-refractivity contribution is 0.409. The first-order chi connectivity index (χ1) is 10.4. The summed E-state index contributed by atoms with van der Waals surface area (Å²) < 4.78 is 6.00. The highest BCUT2D eigenvalue weighted by Gasteiger charge is 2.23. The second kappa shape index (κ2) is 5.94. The van der Waals surface area contributed by atoms with Crippen molar-refractivity contribution in [3.63, 3.8) is 0 Å². The molecule has 0 atom stereocenters. The van der Waals surface area contributed by atoms with Gasteiger partial charge in [-0.1, -0.05) is 38.4 Å². The lowest BCUT2D eigenvalue weighted by atomic mass is 9.97. The molecule has 0 aliphatic heterocycles. The predicted octanol–water partition coefficient (Wildman–Crippen LogP) is 5.47. The van der Waals surface area contributed by atoms with E-state index < -0.39 is 0 Å². The van der Waals surface area contributed by atoms with Crippen molar-refractivity contribution in [1.29, 1.82) is 0 Å². The summed E-state index contributed by atoms with van der Waals surface area (Å²) in [5, 5.41) is 0.685. The zero-order valence-corrected chi connectivity index (χ0v) is 14.3. The molecule has 22 heavy (non-hydrogen) atoms. The zero-order chi connectivity index (χ0) is 15.7. The van der Waals surface area contributed by atoms with Crippen molar-refractivity contribution in [3.8, 4) is 0 Å². The summed E-state index contributed by atoms with van der Waals surface area (Å²) in [4.78, 5) is 9.85. The first-order valence-corrected chi connectivity index (χ1v) is 8.44. The van der Waals surface area contributed by atoms with E-state index in [0.29, 0.717) is 5.02 Å². The van der Waals surface area contributed by atoms with Crippen molar-refractivity contribution >= 4 is 34.5 Å². The molecule has 5 heteroatoms. The van der Waals surface area contributed by atoms with Crippen molar-refractivity contribution < 1.29 is 4.42 Å². The maximum atomic E-state index is 6.36. The molecule has 0 bridgehead atoms. The summed E-state index contributed by atoms with van der Waals surface area (Å²) >= 11 is 7.99. The molecule has 0 radical (unpaired) electrons. The highest BCUT2D eigenvalue weighted by Crippen LogP contribution is 2.38. The number of halogens is 1. The average molecular weight is 333 g/mol. The van der Waals surface area contributed by atoms with E-state index in [9.17, 15) is 0 Å². The van der Waals surface area contributed by atoms with E-state index in [1.165, 1.54) is 0 Å². The molecule has 114 valence electrons. The van der Waals surface area contributed by atoms with Crippen LogP contribution in [-0.4, -0.2) is 9.97 Å². The Kier molecular flexibility index (Phi) is 4.15. The van der Waals surface area contributed by atoms with Gasteiger partial charge in [-0.25, -0.2) is 4.98 Å². The Bertz CT molecular complexity index is 794. The molecule has 0 N–H and O–H groups in total. The maximum absolute atomic E-state index is 6.36. The average Bonchev–Trinajstić information content (AvgIpc) is 2.92. The first kappa shape index (κ1) is 15.4. The molecule has 0 spiro atoms. The van der Waals surface area contributed by atoms with E-state index in [1.807, 2.05) is 30.3 Å². The lowest BCUT2D eigenvalue weighted by Crippen LogP contribution is -2.10. The minimum atomic E-state index is -0.131. The van der Waals surface area contributed by atoms with Crippen LogP contribution in [0.5, 0.6) is 0 Å². The van der Waals surface area contributed by atoms with E-state index in [-0.39, 0.29) is 5.41 Å². The van der Waals surface area contributed by atoms with Crippen LogP contribution >= 0.6 is 23.4 Å². The van der Waals surface area contributed by atoms with Crippen LogP contribution in [0.25, 0.3) is 11.1 Å². The number of oxazole rings is 1. The molecule has 1 aromatic carbocycles. The number of hydrogen-bond acceptors (Lipinski definition) is 4. The summed E-state index contributed by atoms with van der Waals surface area (Å²) in [5.41, 5.74) is 2.49. The Hall–Kier alpha value is -1.52. The van der Waals surface area contributed by atoms with Gasteiger partial charge in [-0.15, -0.1) is 11.8 Å². The minimum absolute atomic E-state index is 0.131. The highest BCUT2D eigenvalue weighted by molar-refractivity contribution is 7.98. The van der Waals surface area contributed by atoms with Gasteiger partial charge in [0, 0.05) is 17.4 Å². The SMILES string of the molecule is CC(C)(C)c1nc2ccc(Cl)c(SCc3ccccn3)c2o1. The number of aromatic nitrogens is 2. The van der Waals surface area contributed by atoms with Gasteiger partial charge in [-0.3, -0.25) is 4.98 Å². The van der Waals surface area contributed by atoms with Crippen LogP contribution in [0.3, 0.4) is 0 Å². The quantitative estimate of drug-likeness (QED) is 0.596. The second-order valence-electron chi connectivity index (χ2n) is 6.10.